The van der Waals surface area contributed by atoms with Gasteiger partial charge in [0.15, 0.2) is 5.70 Å². The van der Waals surface area contributed by atoms with Crippen molar-refractivity contribution >= 4 is 17.9 Å². The van der Waals surface area contributed by atoms with E-state index in [0.29, 0.717) is 17.7 Å². The van der Waals surface area contributed by atoms with E-state index in [-0.39, 0.29) is 11.6 Å². The lowest BCUT2D eigenvalue weighted by molar-refractivity contribution is -0.129. The predicted molar refractivity (Wildman–Crippen MR) is 98.6 cm³/mol. The van der Waals surface area contributed by atoms with Crippen LogP contribution in [0.25, 0.3) is 6.08 Å². The first-order valence-corrected chi connectivity index (χ1v) is 8.45. The van der Waals surface area contributed by atoms with Gasteiger partial charge >= 0.3 is 5.97 Å². The number of hydrogen-bond donors (Lipinski definition) is 0. The van der Waals surface area contributed by atoms with Crippen LogP contribution in [0.1, 0.15) is 36.5 Å². The van der Waals surface area contributed by atoms with Gasteiger partial charge in [0.1, 0.15) is 5.75 Å². The van der Waals surface area contributed by atoms with Crippen molar-refractivity contribution < 1.29 is 14.3 Å². The monoisotopic (exact) mass is 346 g/mol. The zero-order valence-corrected chi connectivity index (χ0v) is 14.4. The standard InChI is InChI=1S/C21H18N2O3/c1-2-3-12-25-18-10-8-17(9-11-18)20-23-19(21(24)26-20)13-15-4-6-16(14-22)7-5-15/h4-11,13H,2-3,12H2,1H3/b19-13-. The molecule has 1 aliphatic heterocycles. The normalized spacial score (nSPS) is 14.7. The van der Waals surface area contributed by atoms with Gasteiger partial charge in [-0.1, -0.05) is 25.5 Å². The maximum Gasteiger partial charge on any atom is 0.363 e. The molecule has 0 amide bonds. The molecule has 0 spiro atoms. The molecule has 0 unspecified atom stereocenters. The summed E-state index contributed by atoms with van der Waals surface area (Å²) in [5.74, 6) is 0.558. The van der Waals surface area contributed by atoms with Gasteiger partial charge in [0.05, 0.1) is 18.2 Å². The molecule has 0 aromatic heterocycles. The number of benzene rings is 2. The third kappa shape index (κ3) is 4.17. The van der Waals surface area contributed by atoms with Crippen LogP contribution in [0.2, 0.25) is 0 Å². The number of cyclic esters (lactones) is 1. The Morgan fingerprint density at radius 1 is 1.15 bits per heavy atom. The van der Waals surface area contributed by atoms with Crippen molar-refractivity contribution in [2.75, 3.05) is 6.61 Å². The van der Waals surface area contributed by atoms with Gasteiger partial charge in [-0.15, -0.1) is 0 Å². The fourth-order valence-corrected chi connectivity index (χ4v) is 2.37. The zero-order valence-electron chi connectivity index (χ0n) is 14.4. The van der Waals surface area contributed by atoms with E-state index in [4.69, 9.17) is 14.7 Å². The first-order chi connectivity index (χ1) is 12.7. The van der Waals surface area contributed by atoms with Gasteiger partial charge in [0, 0.05) is 5.56 Å². The van der Waals surface area contributed by atoms with Gasteiger partial charge in [-0.25, -0.2) is 9.79 Å². The molecule has 0 saturated carbocycles. The summed E-state index contributed by atoms with van der Waals surface area (Å²) in [6.45, 7) is 2.80. The summed E-state index contributed by atoms with van der Waals surface area (Å²) >= 11 is 0. The molecule has 5 nitrogen and oxygen atoms in total. The highest BCUT2D eigenvalue weighted by molar-refractivity contribution is 6.12. The Bertz CT molecular complexity index is 888. The molecule has 0 fully saturated rings. The van der Waals surface area contributed by atoms with E-state index in [1.54, 1.807) is 30.3 Å². The lowest BCUT2D eigenvalue weighted by atomic mass is 10.1. The van der Waals surface area contributed by atoms with E-state index in [0.717, 1.165) is 24.2 Å². The average Bonchev–Trinajstić information content (AvgIpc) is 3.03. The van der Waals surface area contributed by atoms with Crippen LogP contribution in [0.3, 0.4) is 0 Å². The fourth-order valence-electron chi connectivity index (χ4n) is 2.37. The molecule has 1 heterocycles. The van der Waals surface area contributed by atoms with Gasteiger partial charge in [-0.3, -0.25) is 0 Å². The molecule has 5 heteroatoms. The molecule has 2 aromatic carbocycles. The first-order valence-electron chi connectivity index (χ1n) is 8.45. The van der Waals surface area contributed by atoms with E-state index < -0.39 is 5.97 Å². The number of esters is 1. The summed E-state index contributed by atoms with van der Waals surface area (Å²) in [4.78, 5) is 16.3. The highest BCUT2D eigenvalue weighted by atomic mass is 16.6. The number of unbranched alkanes of at least 4 members (excludes halogenated alkanes) is 1. The third-order valence-electron chi connectivity index (χ3n) is 3.83. The van der Waals surface area contributed by atoms with Crippen LogP contribution in [0.4, 0.5) is 0 Å². The Hall–Kier alpha value is -3.39. The highest BCUT2D eigenvalue weighted by Crippen LogP contribution is 2.21. The van der Waals surface area contributed by atoms with Crippen molar-refractivity contribution in [3.8, 4) is 11.8 Å². The lowest BCUT2D eigenvalue weighted by Gasteiger charge is -2.05. The van der Waals surface area contributed by atoms with Crippen LogP contribution in [0, 0.1) is 11.3 Å². The molecule has 3 rings (SSSR count). The summed E-state index contributed by atoms with van der Waals surface area (Å²) in [5, 5.41) is 8.83. The van der Waals surface area contributed by atoms with Crippen LogP contribution in [-0.4, -0.2) is 18.5 Å². The van der Waals surface area contributed by atoms with Crippen molar-refractivity contribution in [1.82, 2.24) is 0 Å². The molecule has 0 radical (unpaired) electrons. The highest BCUT2D eigenvalue weighted by Gasteiger charge is 2.24. The number of nitrogens with zero attached hydrogens (tertiary/aromatic N) is 2. The minimum atomic E-state index is -0.493. The Labute approximate surface area is 152 Å². The van der Waals surface area contributed by atoms with Crippen LogP contribution < -0.4 is 4.74 Å². The molecule has 0 aliphatic carbocycles. The van der Waals surface area contributed by atoms with Crippen molar-refractivity contribution in [1.29, 1.82) is 5.26 Å². The van der Waals surface area contributed by atoms with E-state index in [1.807, 2.05) is 24.3 Å². The fraction of sp³-hybridized carbons (Fsp3) is 0.190. The lowest BCUT2D eigenvalue weighted by Crippen LogP contribution is -2.05. The number of aliphatic imine (C=N–C) groups is 1. The topological polar surface area (TPSA) is 71.7 Å². The second kappa shape index (κ2) is 8.13. The van der Waals surface area contributed by atoms with Gasteiger partial charge in [0.2, 0.25) is 5.90 Å². The summed E-state index contributed by atoms with van der Waals surface area (Å²) in [6.07, 6.45) is 3.73. The zero-order chi connectivity index (χ0) is 18.4. The largest absolute Gasteiger partial charge is 0.494 e. The van der Waals surface area contributed by atoms with Crippen molar-refractivity contribution in [2.24, 2.45) is 4.99 Å². The Morgan fingerprint density at radius 3 is 2.54 bits per heavy atom. The average molecular weight is 346 g/mol. The van der Waals surface area contributed by atoms with E-state index >= 15 is 0 Å². The van der Waals surface area contributed by atoms with Crippen LogP contribution >= 0.6 is 0 Å². The predicted octanol–water partition coefficient (Wildman–Crippen LogP) is 4.08. The van der Waals surface area contributed by atoms with Crippen molar-refractivity contribution in [2.45, 2.75) is 19.8 Å². The summed E-state index contributed by atoms with van der Waals surface area (Å²) < 4.78 is 10.9. The number of nitriles is 1. The summed E-state index contributed by atoms with van der Waals surface area (Å²) in [7, 11) is 0. The maximum atomic E-state index is 12.0. The molecule has 0 saturated heterocycles. The maximum absolute atomic E-state index is 12.0. The van der Waals surface area contributed by atoms with Gasteiger partial charge in [-0.2, -0.15) is 5.26 Å². The van der Waals surface area contributed by atoms with Crippen molar-refractivity contribution in [3.05, 3.63) is 70.9 Å². The van der Waals surface area contributed by atoms with Crippen LogP contribution in [0.5, 0.6) is 5.75 Å². The molecule has 130 valence electrons. The minimum absolute atomic E-state index is 0.230. The molecular formula is C21H18N2O3. The van der Waals surface area contributed by atoms with Crippen LogP contribution in [0.15, 0.2) is 59.2 Å². The molecule has 26 heavy (non-hydrogen) atoms. The number of carbonyl (C=O) groups excluding carboxylic acids is 1. The molecule has 1 aliphatic rings. The minimum Gasteiger partial charge on any atom is -0.494 e. The summed E-state index contributed by atoms with van der Waals surface area (Å²) in [6, 6.07) is 16.3. The van der Waals surface area contributed by atoms with Gasteiger partial charge in [0.25, 0.3) is 0 Å². The smallest absolute Gasteiger partial charge is 0.363 e. The number of hydrogen-bond acceptors (Lipinski definition) is 5. The third-order valence-corrected chi connectivity index (χ3v) is 3.83. The number of carbonyl (C=O) groups is 1. The molecular weight excluding hydrogens is 328 g/mol. The van der Waals surface area contributed by atoms with Crippen LogP contribution in [-0.2, 0) is 9.53 Å². The molecule has 0 atom stereocenters. The Kier molecular flexibility index (Phi) is 5.45. The number of ether oxygens (including phenoxy) is 2. The van der Waals surface area contributed by atoms with E-state index in [2.05, 4.69) is 18.0 Å². The molecule has 2 aromatic rings. The Balaban J connectivity index is 1.74. The molecule has 0 bridgehead atoms. The quantitative estimate of drug-likeness (QED) is 0.449. The van der Waals surface area contributed by atoms with Gasteiger partial charge < -0.3 is 9.47 Å². The van der Waals surface area contributed by atoms with E-state index in [9.17, 15) is 4.79 Å². The van der Waals surface area contributed by atoms with Gasteiger partial charge in [-0.05, 0) is 54.5 Å². The second-order valence-electron chi connectivity index (χ2n) is 5.80. The second-order valence-corrected chi connectivity index (χ2v) is 5.80. The molecule has 0 N–H and O–H groups in total. The first kappa shape index (κ1) is 17.4. The Morgan fingerprint density at radius 2 is 1.88 bits per heavy atom. The SMILES string of the molecule is CCCCOc1ccc(C2=N/C(=C\c3ccc(C#N)cc3)C(=O)O2)cc1. The van der Waals surface area contributed by atoms with E-state index in [1.165, 1.54) is 0 Å². The number of rotatable bonds is 6. The summed E-state index contributed by atoms with van der Waals surface area (Å²) in [5.41, 5.74) is 2.28. The van der Waals surface area contributed by atoms with Crippen molar-refractivity contribution in [3.63, 3.8) is 0 Å².